The van der Waals surface area contributed by atoms with Crippen LogP contribution in [0, 0.1) is 11.6 Å². The average Bonchev–Trinajstić information content (AvgIpc) is 3.35. The van der Waals surface area contributed by atoms with Gasteiger partial charge in [-0.05, 0) is 24.3 Å². The molecule has 1 saturated heterocycles. The molecule has 0 unspecified atom stereocenters. The van der Waals surface area contributed by atoms with Crippen LogP contribution in [0.1, 0.15) is 32.9 Å². The van der Waals surface area contributed by atoms with Crippen LogP contribution in [0.25, 0.3) is 0 Å². The second-order valence-electron chi connectivity index (χ2n) is 8.97. The number of hydrogen-bond donors (Lipinski definition) is 3. The maximum Gasteiger partial charge on any atom is 0.390 e. The molecule has 0 bridgehead atoms. The van der Waals surface area contributed by atoms with Crippen molar-refractivity contribution in [1.82, 2.24) is 15.4 Å². The predicted molar refractivity (Wildman–Crippen MR) is 136 cm³/mol. The van der Waals surface area contributed by atoms with Gasteiger partial charge in [0.2, 0.25) is 5.76 Å². The van der Waals surface area contributed by atoms with Gasteiger partial charge in [0.05, 0.1) is 29.4 Å². The predicted octanol–water partition coefficient (Wildman–Crippen LogP) is 4.16. The molecule has 3 aromatic rings. The Balaban J connectivity index is 1.43. The molecule has 0 aliphatic carbocycles. The van der Waals surface area contributed by atoms with Gasteiger partial charge in [0.25, 0.3) is 17.4 Å². The highest BCUT2D eigenvalue weighted by atomic mass is 35.5. The van der Waals surface area contributed by atoms with Crippen LogP contribution in [0.3, 0.4) is 0 Å². The number of nitrogens with zero attached hydrogens (tertiary/aromatic N) is 2. The number of rotatable bonds is 8. The van der Waals surface area contributed by atoms with Gasteiger partial charge < -0.3 is 20.1 Å². The molecule has 0 saturated carbocycles. The fourth-order valence-corrected chi connectivity index (χ4v) is 4.28. The molecule has 1 fully saturated rings. The number of carbonyl (C=O) groups is 2. The van der Waals surface area contributed by atoms with Crippen molar-refractivity contribution >= 4 is 34.8 Å². The van der Waals surface area contributed by atoms with Crippen LogP contribution in [0.4, 0.5) is 33.3 Å². The van der Waals surface area contributed by atoms with E-state index in [0.717, 1.165) is 18.2 Å². The number of nitrogens with one attached hydrogen (secondary N) is 3. The highest BCUT2D eigenvalue weighted by molar-refractivity contribution is 6.31. The number of piperazine rings is 1. The van der Waals surface area contributed by atoms with Crippen LogP contribution < -0.4 is 21.1 Å². The second kappa shape index (κ2) is 12.1. The number of benzene rings is 2. The standard InChI is InChI=1S/C25H23ClF5N5O4/c26-15-2-4-17(18(11-15)36-9-7-35(8-10-36)6-5-25(29,30)31)33-23(38)16-3-1-14(21(27)22(16)28)13-32-24(39)19-12-20(37)34-40-19/h1-4,11-12H,5-10,13H2,(H,32,39)(H,33,38)(H,34,37). The fourth-order valence-electron chi connectivity index (χ4n) is 4.12. The number of H-pyrrole nitrogens is 1. The zero-order chi connectivity index (χ0) is 29.0. The summed E-state index contributed by atoms with van der Waals surface area (Å²) in [6.45, 7) is 0.847. The normalized spacial score (nSPS) is 14.3. The summed E-state index contributed by atoms with van der Waals surface area (Å²) in [5.41, 5.74) is -0.766. The van der Waals surface area contributed by atoms with Crippen LogP contribution >= 0.6 is 11.6 Å². The van der Waals surface area contributed by atoms with Gasteiger partial charge in [0.15, 0.2) is 11.6 Å². The summed E-state index contributed by atoms with van der Waals surface area (Å²) in [6, 6.07) is 7.62. The van der Waals surface area contributed by atoms with Gasteiger partial charge in [-0.2, -0.15) is 18.3 Å². The number of carbonyl (C=O) groups excluding carboxylic acids is 2. The Morgan fingerprint density at radius 3 is 2.38 bits per heavy atom. The average molecular weight is 588 g/mol. The molecular formula is C25H23ClF5N5O4. The van der Waals surface area contributed by atoms with Crippen LogP contribution in [0.5, 0.6) is 0 Å². The molecule has 1 aliphatic rings. The number of anilines is 2. The van der Waals surface area contributed by atoms with E-state index in [0.29, 0.717) is 36.9 Å². The largest absolute Gasteiger partial charge is 0.390 e. The fraction of sp³-hybridized carbons (Fsp3) is 0.320. The Kier molecular flexibility index (Phi) is 8.79. The molecule has 9 nitrogen and oxygen atoms in total. The molecule has 214 valence electrons. The van der Waals surface area contributed by atoms with Gasteiger partial charge >= 0.3 is 6.18 Å². The Hall–Kier alpha value is -3.91. The first-order valence-electron chi connectivity index (χ1n) is 12.0. The van der Waals surface area contributed by atoms with Crippen molar-refractivity contribution in [3.05, 3.63) is 80.3 Å². The van der Waals surface area contributed by atoms with E-state index in [1.54, 1.807) is 11.0 Å². The molecule has 2 amide bonds. The van der Waals surface area contributed by atoms with E-state index in [1.807, 2.05) is 10.1 Å². The van der Waals surface area contributed by atoms with Gasteiger partial charge in [-0.25, -0.2) is 8.78 Å². The lowest BCUT2D eigenvalue weighted by Crippen LogP contribution is -2.47. The Labute approximate surface area is 228 Å². The summed E-state index contributed by atoms with van der Waals surface area (Å²) >= 11 is 6.14. The van der Waals surface area contributed by atoms with Gasteiger partial charge in [-0.15, -0.1) is 0 Å². The van der Waals surface area contributed by atoms with E-state index in [-0.39, 0.29) is 23.6 Å². The first-order chi connectivity index (χ1) is 18.9. The van der Waals surface area contributed by atoms with Gasteiger partial charge in [-0.3, -0.25) is 19.3 Å². The topological polar surface area (TPSA) is 111 Å². The highest BCUT2D eigenvalue weighted by Gasteiger charge is 2.29. The quantitative estimate of drug-likeness (QED) is 0.342. The first-order valence-corrected chi connectivity index (χ1v) is 12.4. The molecule has 15 heteroatoms. The molecule has 4 rings (SSSR count). The van der Waals surface area contributed by atoms with E-state index in [4.69, 9.17) is 11.6 Å². The van der Waals surface area contributed by atoms with E-state index in [1.165, 1.54) is 12.1 Å². The summed E-state index contributed by atoms with van der Waals surface area (Å²) in [5, 5.41) is 7.09. The number of aromatic amines is 1. The Morgan fingerprint density at radius 2 is 1.73 bits per heavy atom. The van der Waals surface area contributed by atoms with Crippen molar-refractivity contribution in [2.24, 2.45) is 0 Å². The number of alkyl halides is 3. The number of hydrogen-bond acceptors (Lipinski definition) is 6. The summed E-state index contributed by atoms with van der Waals surface area (Å²) in [7, 11) is 0. The molecule has 40 heavy (non-hydrogen) atoms. The van der Waals surface area contributed by atoms with Crippen LogP contribution in [0.2, 0.25) is 5.02 Å². The lowest BCUT2D eigenvalue weighted by atomic mass is 10.1. The molecule has 0 atom stereocenters. The van der Waals surface area contributed by atoms with Gasteiger partial charge in [0, 0.05) is 49.9 Å². The minimum absolute atomic E-state index is 0.122. The lowest BCUT2D eigenvalue weighted by molar-refractivity contribution is -0.138. The molecule has 2 aromatic carbocycles. The van der Waals surface area contributed by atoms with Crippen molar-refractivity contribution < 1.29 is 36.1 Å². The lowest BCUT2D eigenvalue weighted by Gasteiger charge is -2.37. The van der Waals surface area contributed by atoms with Crippen molar-refractivity contribution in [3.63, 3.8) is 0 Å². The molecule has 2 heterocycles. The SMILES string of the molecule is O=C(NCc1ccc(C(=O)Nc2ccc(Cl)cc2N2CCN(CCC(F)(F)F)CC2)c(F)c1F)c1cc(=O)[nH]o1. The number of halogens is 6. The molecule has 3 N–H and O–H groups in total. The van der Waals surface area contributed by atoms with E-state index in [2.05, 4.69) is 15.2 Å². The van der Waals surface area contributed by atoms with Crippen molar-refractivity contribution in [2.75, 3.05) is 42.9 Å². The zero-order valence-electron chi connectivity index (χ0n) is 20.7. The van der Waals surface area contributed by atoms with Crippen molar-refractivity contribution in [2.45, 2.75) is 19.1 Å². The Bertz CT molecular complexity index is 1450. The minimum atomic E-state index is -4.25. The van der Waals surface area contributed by atoms with E-state index < -0.39 is 53.7 Å². The van der Waals surface area contributed by atoms with E-state index in [9.17, 15) is 36.3 Å². The molecule has 0 spiro atoms. The third kappa shape index (κ3) is 7.18. The first kappa shape index (κ1) is 29.1. The summed E-state index contributed by atoms with van der Waals surface area (Å²) in [6.07, 6.45) is -5.16. The molecule has 1 aliphatic heterocycles. The van der Waals surface area contributed by atoms with E-state index >= 15 is 0 Å². The monoisotopic (exact) mass is 587 g/mol. The van der Waals surface area contributed by atoms with Crippen LogP contribution in [0.15, 0.2) is 45.7 Å². The second-order valence-corrected chi connectivity index (χ2v) is 9.41. The molecule has 0 radical (unpaired) electrons. The van der Waals surface area contributed by atoms with Crippen LogP contribution in [-0.2, 0) is 6.54 Å². The third-order valence-electron chi connectivity index (χ3n) is 6.23. The number of aromatic nitrogens is 1. The molecular weight excluding hydrogens is 565 g/mol. The molecule has 1 aromatic heterocycles. The summed E-state index contributed by atoms with van der Waals surface area (Å²) in [4.78, 5) is 39.5. The van der Waals surface area contributed by atoms with Crippen molar-refractivity contribution in [1.29, 1.82) is 0 Å². The maximum absolute atomic E-state index is 14.9. The third-order valence-corrected chi connectivity index (χ3v) is 6.46. The zero-order valence-corrected chi connectivity index (χ0v) is 21.5. The van der Waals surface area contributed by atoms with Gasteiger partial charge in [0.1, 0.15) is 0 Å². The summed E-state index contributed by atoms with van der Waals surface area (Å²) < 4.78 is 71.9. The highest BCUT2D eigenvalue weighted by Crippen LogP contribution is 2.31. The minimum Gasteiger partial charge on any atom is -0.373 e. The van der Waals surface area contributed by atoms with Crippen LogP contribution in [-0.4, -0.2) is 60.8 Å². The Morgan fingerprint density at radius 1 is 1.00 bits per heavy atom. The van der Waals surface area contributed by atoms with Gasteiger partial charge in [-0.1, -0.05) is 17.7 Å². The number of amides is 2. The summed E-state index contributed by atoms with van der Waals surface area (Å²) in [5.74, 6) is -4.92. The smallest absolute Gasteiger partial charge is 0.373 e. The maximum atomic E-state index is 14.9. The van der Waals surface area contributed by atoms with Crippen molar-refractivity contribution in [3.8, 4) is 0 Å².